The average Bonchev–Trinajstić information content (AvgIpc) is 2.91. The lowest BCUT2D eigenvalue weighted by Crippen LogP contribution is -2.42. The Bertz CT molecular complexity index is 1030. The van der Waals surface area contributed by atoms with E-state index in [4.69, 9.17) is 15.2 Å². The van der Waals surface area contributed by atoms with Crippen LogP contribution in [0.15, 0.2) is 48.5 Å². The lowest BCUT2D eigenvalue weighted by molar-refractivity contribution is -0.131. The molecule has 8 nitrogen and oxygen atoms in total. The molecular formula is C28H36FN3O5. The normalized spacial score (nSPS) is 18.0. The van der Waals surface area contributed by atoms with E-state index in [0.29, 0.717) is 31.7 Å². The number of amides is 3. The highest BCUT2D eigenvalue weighted by molar-refractivity contribution is 5.89. The van der Waals surface area contributed by atoms with Crippen molar-refractivity contribution < 1.29 is 28.2 Å². The summed E-state index contributed by atoms with van der Waals surface area (Å²) in [5.41, 5.74) is 7.85. The van der Waals surface area contributed by atoms with E-state index in [9.17, 15) is 18.8 Å². The summed E-state index contributed by atoms with van der Waals surface area (Å²) in [5, 5.41) is 5.48. The zero-order valence-corrected chi connectivity index (χ0v) is 21.2. The van der Waals surface area contributed by atoms with Crippen LogP contribution < -0.4 is 16.4 Å². The molecule has 3 atom stereocenters. The Kier molecular flexibility index (Phi) is 10.9. The maximum absolute atomic E-state index is 13.3. The molecule has 0 unspecified atom stereocenters. The van der Waals surface area contributed by atoms with E-state index in [1.54, 1.807) is 0 Å². The third-order valence-corrected chi connectivity index (χ3v) is 6.59. The molecule has 0 heterocycles. The van der Waals surface area contributed by atoms with Crippen molar-refractivity contribution >= 4 is 17.9 Å². The number of hydrogen-bond donors (Lipinski definition) is 3. The standard InChI is InChI=1S/C28H36FN3O5/c1-2-36-17-5-16-31-28(35)37-18-19-8-10-20(11-9-19)23-6-3-4-7-24(23)27(34)32-25(26(30)33)21-12-14-22(29)15-13-21/h8-15,23-25H,2-7,16-18H2,1H3,(H2,30,33)(H,31,35)(H,32,34)/t23-,24+,25-/m0/s1. The second kappa shape index (κ2) is 14.3. The third kappa shape index (κ3) is 8.56. The zero-order valence-electron chi connectivity index (χ0n) is 21.2. The highest BCUT2D eigenvalue weighted by Gasteiger charge is 2.34. The first-order valence-electron chi connectivity index (χ1n) is 12.8. The number of nitrogens with two attached hydrogens (primary N) is 1. The van der Waals surface area contributed by atoms with Gasteiger partial charge in [-0.1, -0.05) is 49.2 Å². The van der Waals surface area contributed by atoms with Crippen molar-refractivity contribution in [1.82, 2.24) is 10.6 Å². The molecule has 0 aromatic heterocycles. The minimum absolute atomic E-state index is 0.0147. The maximum Gasteiger partial charge on any atom is 0.407 e. The molecule has 0 saturated heterocycles. The van der Waals surface area contributed by atoms with Crippen molar-refractivity contribution in [3.05, 3.63) is 71.0 Å². The Morgan fingerprint density at radius 1 is 1.05 bits per heavy atom. The fraction of sp³-hybridized carbons (Fsp3) is 0.464. The van der Waals surface area contributed by atoms with E-state index in [0.717, 1.165) is 36.8 Å². The number of carbonyl (C=O) groups is 3. The Hall–Kier alpha value is -3.46. The van der Waals surface area contributed by atoms with Crippen molar-refractivity contribution in [2.45, 2.75) is 57.6 Å². The predicted octanol–water partition coefficient (Wildman–Crippen LogP) is 4.10. The molecular weight excluding hydrogens is 477 g/mol. The van der Waals surface area contributed by atoms with E-state index in [-0.39, 0.29) is 24.3 Å². The largest absolute Gasteiger partial charge is 0.445 e. The van der Waals surface area contributed by atoms with E-state index < -0.39 is 23.9 Å². The summed E-state index contributed by atoms with van der Waals surface area (Å²) in [6.07, 6.45) is 3.69. The maximum atomic E-state index is 13.3. The summed E-state index contributed by atoms with van der Waals surface area (Å²) in [6.45, 7) is 3.79. The fourth-order valence-corrected chi connectivity index (χ4v) is 4.64. The summed E-state index contributed by atoms with van der Waals surface area (Å²) in [5.74, 6) is -1.71. The van der Waals surface area contributed by atoms with Crippen molar-refractivity contribution in [1.29, 1.82) is 0 Å². The van der Waals surface area contributed by atoms with Crippen molar-refractivity contribution in [2.75, 3.05) is 19.8 Å². The monoisotopic (exact) mass is 513 g/mol. The summed E-state index contributed by atoms with van der Waals surface area (Å²) in [4.78, 5) is 37.2. The molecule has 2 aromatic carbocycles. The molecule has 4 N–H and O–H groups in total. The Morgan fingerprint density at radius 3 is 2.43 bits per heavy atom. The molecule has 2 aromatic rings. The molecule has 3 amide bonds. The van der Waals surface area contributed by atoms with Crippen LogP contribution in [0.3, 0.4) is 0 Å². The second-order valence-electron chi connectivity index (χ2n) is 9.19. The number of halogens is 1. The molecule has 0 aliphatic heterocycles. The predicted molar refractivity (Wildman–Crippen MR) is 137 cm³/mol. The van der Waals surface area contributed by atoms with E-state index in [1.807, 2.05) is 31.2 Å². The minimum Gasteiger partial charge on any atom is -0.445 e. The van der Waals surface area contributed by atoms with Crippen LogP contribution in [-0.2, 0) is 25.7 Å². The second-order valence-corrected chi connectivity index (χ2v) is 9.19. The summed E-state index contributed by atoms with van der Waals surface area (Å²) in [6, 6.07) is 12.0. The summed E-state index contributed by atoms with van der Waals surface area (Å²) >= 11 is 0. The SMILES string of the molecule is CCOCCCNC(=O)OCc1ccc([C@@H]2CCCC[C@H]2C(=O)N[C@H](C(N)=O)c2ccc(F)cc2)cc1. The highest BCUT2D eigenvalue weighted by Crippen LogP contribution is 2.38. The molecule has 0 radical (unpaired) electrons. The molecule has 1 aliphatic carbocycles. The number of primary amides is 1. The van der Waals surface area contributed by atoms with Crippen molar-refractivity contribution in [3.63, 3.8) is 0 Å². The molecule has 9 heteroatoms. The van der Waals surface area contributed by atoms with Crippen LogP contribution in [0.2, 0.25) is 0 Å². The first-order valence-corrected chi connectivity index (χ1v) is 12.8. The molecule has 1 aliphatic rings. The van der Waals surface area contributed by atoms with Gasteiger partial charge in [0.1, 0.15) is 18.5 Å². The van der Waals surface area contributed by atoms with E-state index >= 15 is 0 Å². The van der Waals surface area contributed by atoms with Crippen LogP contribution >= 0.6 is 0 Å². The average molecular weight is 514 g/mol. The third-order valence-electron chi connectivity index (χ3n) is 6.59. The Balaban J connectivity index is 1.58. The van der Waals surface area contributed by atoms with Crippen LogP contribution in [0.5, 0.6) is 0 Å². The van der Waals surface area contributed by atoms with Gasteiger partial charge in [-0.3, -0.25) is 9.59 Å². The van der Waals surface area contributed by atoms with Crippen LogP contribution in [0.25, 0.3) is 0 Å². The van der Waals surface area contributed by atoms with E-state index in [1.165, 1.54) is 24.3 Å². The Labute approximate surface area is 217 Å². The quantitative estimate of drug-likeness (QED) is 0.369. The van der Waals surface area contributed by atoms with Crippen LogP contribution in [0, 0.1) is 11.7 Å². The molecule has 3 rings (SSSR count). The lowest BCUT2D eigenvalue weighted by Gasteiger charge is -2.32. The van der Waals surface area contributed by atoms with Gasteiger partial charge in [0.2, 0.25) is 11.8 Å². The van der Waals surface area contributed by atoms with Gasteiger partial charge in [0.15, 0.2) is 0 Å². The van der Waals surface area contributed by atoms with Crippen molar-refractivity contribution in [2.24, 2.45) is 11.7 Å². The van der Waals surface area contributed by atoms with Gasteiger partial charge < -0.3 is 25.8 Å². The fourth-order valence-electron chi connectivity index (χ4n) is 4.64. The number of ether oxygens (including phenoxy) is 2. The summed E-state index contributed by atoms with van der Waals surface area (Å²) in [7, 11) is 0. The number of nitrogens with one attached hydrogen (secondary N) is 2. The van der Waals surface area contributed by atoms with Gasteiger partial charge >= 0.3 is 6.09 Å². The molecule has 0 bridgehead atoms. The number of carbonyl (C=O) groups excluding carboxylic acids is 3. The number of hydrogen-bond acceptors (Lipinski definition) is 5. The van der Waals surface area contributed by atoms with Crippen LogP contribution in [-0.4, -0.2) is 37.7 Å². The molecule has 200 valence electrons. The topological polar surface area (TPSA) is 120 Å². The first kappa shape index (κ1) is 28.1. The molecule has 37 heavy (non-hydrogen) atoms. The smallest absolute Gasteiger partial charge is 0.407 e. The van der Waals surface area contributed by atoms with Gasteiger partial charge in [0.25, 0.3) is 0 Å². The van der Waals surface area contributed by atoms with Crippen molar-refractivity contribution in [3.8, 4) is 0 Å². The number of alkyl carbamates (subject to hydrolysis) is 1. The van der Waals surface area contributed by atoms with Crippen LogP contribution in [0.4, 0.5) is 9.18 Å². The zero-order chi connectivity index (χ0) is 26.6. The van der Waals surface area contributed by atoms with Gasteiger partial charge in [-0.15, -0.1) is 0 Å². The van der Waals surface area contributed by atoms with Gasteiger partial charge in [-0.05, 0) is 60.9 Å². The van der Waals surface area contributed by atoms with Gasteiger partial charge in [0.05, 0.1) is 0 Å². The minimum atomic E-state index is -1.03. The number of rotatable bonds is 12. The highest BCUT2D eigenvalue weighted by atomic mass is 19.1. The van der Waals surface area contributed by atoms with Gasteiger partial charge in [0, 0.05) is 25.7 Å². The summed E-state index contributed by atoms with van der Waals surface area (Å²) < 4.78 is 23.8. The van der Waals surface area contributed by atoms with Gasteiger partial charge in [-0.2, -0.15) is 0 Å². The molecule has 1 saturated carbocycles. The lowest BCUT2D eigenvalue weighted by atomic mass is 9.74. The number of benzene rings is 2. The van der Waals surface area contributed by atoms with E-state index in [2.05, 4.69) is 10.6 Å². The Morgan fingerprint density at radius 2 is 1.76 bits per heavy atom. The molecule has 0 spiro atoms. The molecule has 1 fully saturated rings. The van der Waals surface area contributed by atoms with Gasteiger partial charge in [-0.25, -0.2) is 9.18 Å². The first-order chi connectivity index (χ1) is 17.9. The van der Waals surface area contributed by atoms with Crippen LogP contribution in [0.1, 0.15) is 67.7 Å².